The lowest BCUT2D eigenvalue weighted by molar-refractivity contribution is 1.62. The Morgan fingerprint density at radius 2 is 1.08 bits per heavy atom. The second-order valence-electron chi connectivity index (χ2n) is 4.83. The molecule has 0 radical (unpaired) electrons. The van der Waals surface area contributed by atoms with Crippen LogP contribution in [-0.4, -0.2) is 11.5 Å². The average molecular weight is 347 g/mol. The largest absolute Gasteiger partial charge is 0.115 e. The predicted octanol–water partition coefficient (Wildman–Crippen LogP) is 5.80. The molecular weight excluding hydrogens is 328 g/mol. The molecule has 0 spiro atoms. The van der Waals surface area contributed by atoms with Gasteiger partial charge in [-0.05, 0) is 11.1 Å². The Hall–Kier alpha value is -2.26. The number of terminal acetylenes is 2. The van der Waals surface area contributed by atoms with Crippen LogP contribution in [0.1, 0.15) is 11.1 Å². The van der Waals surface area contributed by atoms with Gasteiger partial charge in [-0.15, -0.1) is 12.8 Å². The first-order valence-electron chi connectivity index (χ1n) is 7.54. The van der Waals surface area contributed by atoms with Gasteiger partial charge in [0.15, 0.2) is 0 Å². The molecule has 0 saturated carbocycles. The number of hydrogen-bond donors (Lipinski definition) is 0. The van der Waals surface area contributed by atoms with Gasteiger partial charge in [-0.3, -0.25) is 0 Å². The fraction of sp³-hybridized carbons (Fsp3) is 0.0909. The molecule has 0 N–H and O–H groups in total. The molecular formula is C22H18S2. The highest BCUT2D eigenvalue weighted by Gasteiger charge is 1.98. The summed E-state index contributed by atoms with van der Waals surface area (Å²) in [6.45, 7) is 0. The van der Waals surface area contributed by atoms with Crippen molar-refractivity contribution >= 4 is 32.7 Å². The van der Waals surface area contributed by atoms with E-state index in [2.05, 4.69) is 24.0 Å². The molecule has 0 aliphatic carbocycles. The normalized spacial score (nSPS) is 11.6. The summed E-state index contributed by atoms with van der Waals surface area (Å²) >= 11 is 0. The fourth-order valence-electron chi connectivity index (χ4n) is 2.09. The zero-order chi connectivity index (χ0) is 17.0. The minimum Gasteiger partial charge on any atom is -0.115 e. The van der Waals surface area contributed by atoms with Gasteiger partial charge in [0.2, 0.25) is 0 Å². The van der Waals surface area contributed by atoms with Crippen LogP contribution in [0.5, 0.6) is 0 Å². The SMILES string of the molecule is C#CC(=CCSSCC=C(C#C)c1ccccc1)c1ccccc1. The predicted molar refractivity (Wildman–Crippen MR) is 111 cm³/mol. The second kappa shape index (κ2) is 10.5. The van der Waals surface area contributed by atoms with Gasteiger partial charge in [-0.25, -0.2) is 0 Å². The van der Waals surface area contributed by atoms with Crippen molar-refractivity contribution in [3.8, 4) is 24.7 Å². The molecule has 0 saturated heterocycles. The summed E-state index contributed by atoms with van der Waals surface area (Å²) in [4.78, 5) is 0. The van der Waals surface area contributed by atoms with Crippen molar-refractivity contribution < 1.29 is 0 Å². The molecule has 0 bridgehead atoms. The Morgan fingerprint density at radius 3 is 1.42 bits per heavy atom. The lowest BCUT2D eigenvalue weighted by Gasteiger charge is -2.01. The highest BCUT2D eigenvalue weighted by atomic mass is 33.1. The summed E-state index contributed by atoms with van der Waals surface area (Å²) in [5, 5.41) is 0. The first kappa shape index (κ1) is 18.1. The lowest BCUT2D eigenvalue weighted by Crippen LogP contribution is -1.83. The van der Waals surface area contributed by atoms with Crippen LogP contribution in [0, 0.1) is 24.7 Å². The van der Waals surface area contributed by atoms with Crippen molar-refractivity contribution in [2.24, 2.45) is 0 Å². The van der Waals surface area contributed by atoms with Crippen molar-refractivity contribution in [2.75, 3.05) is 11.5 Å². The quantitative estimate of drug-likeness (QED) is 0.353. The summed E-state index contributed by atoms with van der Waals surface area (Å²) in [5.41, 5.74) is 4.05. The van der Waals surface area contributed by atoms with Crippen LogP contribution in [0.4, 0.5) is 0 Å². The van der Waals surface area contributed by atoms with Crippen LogP contribution in [0.3, 0.4) is 0 Å². The Morgan fingerprint density at radius 1 is 0.708 bits per heavy atom. The second-order valence-corrected chi connectivity index (χ2v) is 7.38. The van der Waals surface area contributed by atoms with E-state index in [-0.39, 0.29) is 0 Å². The van der Waals surface area contributed by atoms with Crippen molar-refractivity contribution in [1.82, 2.24) is 0 Å². The van der Waals surface area contributed by atoms with Gasteiger partial charge < -0.3 is 0 Å². The first-order chi connectivity index (χ1) is 11.8. The van der Waals surface area contributed by atoms with Gasteiger partial charge in [0.05, 0.1) is 0 Å². The molecule has 118 valence electrons. The number of benzene rings is 2. The monoisotopic (exact) mass is 346 g/mol. The van der Waals surface area contributed by atoms with E-state index in [0.717, 1.165) is 33.8 Å². The van der Waals surface area contributed by atoms with Gasteiger partial charge in [0.1, 0.15) is 0 Å². The number of rotatable bonds is 7. The van der Waals surface area contributed by atoms with E-state index in [1.807, 2.05) is 60.7 Å². The van der Waals surface area contributed by atoms with Crippen LogP contribution < -0.4 is 0 Å². The van der Waals surface area contributed by atoms with Crippen molar-refractivity contribution in [1.29, 1.82) is 0 Å². The van der Waals surface area contributed by atoms with Gasteiger partial charge in [-0.1, -0.05) is 106 Å². The summed E-state index contributed by atoms with van der Waals surface area (Å²) < 4.78 is 0. The zero-order valence-electron chi connectivity index (χ0n) is 13.3. The minimum atomic E-state index is 0.865. The van der Waals surface area contributed by atoms with E-state index in [1.54, 1.807) is 21.6 Å². The Labute approximate surface area is 152 Å². The fourth-order valence-corrected chi connectivity index (χ4v) is 3.73. The zero-order valence-corrected chi connectivity index (χ0v) is 14.9. The van der Waals surface area contributed by atoms with Crippen molar-refractivity contribution in [3.05, 3.63) is 83.9 Å². The highest BCUT2D eigenvalue weighted by molar-refractivity contribution is 8.76. The first-order valence-corrected chi connectivity index (χ1v) is 10.0. The average Bonchev–Trinajstić information content (AvgIpc) is 2.66. The van der Waals surface area contributed by atoms with E-state index in [9.17, 15) is 0 Å². The number of hydrogen-bond acceptors (Lipinski definition) is 2. The summed E-state index contributed by atoms with van der Waals surface area (Å²) in [5.74, 6) is 7.25. The van der Waals surface area contributed by atoms with E-state index in [1.165, 1.54) is 0 Å². The molecule has 2 heteroatoms. The highest BCUT2D eigenvalue weighted by Crippen LogP contribution is 2.25. The molecule has 0 aliphatic heterocycles. The summed E-state index contributed by atoms with van der Waals surface area (Å²) in [6, 6.07) is 20.1. The van der Waals surface area contributed by atoms with Crippen molar-refractivity contribution in [2.45, 2.75) is 0 Å². The maximum atomic E-state index is 5.60. The summed E-state index contributed by atoms with van der Waals surface area (Å²) in [6.07, 6.45) is 15.4. The Bertz CT molecular complexity index is 703. The number of allylic oxidation sites excluding steroid dienone is 2. The van der Waals surface area contributed by atoms with Crippen LogP contribution in [-0.2, 0) is 0 Å². The Balaban J connectivity index is 1.83. The topological polar surface area (TPSA) is 0 Å². The third-order valence-electron chi connectivity index (χ3n) is 3.27. The maximum absolute atomic E-state index is 5.60. The molecule has 0 nitrogen and oxygen atoms in total. The van der Waals surface area contributed by atoms with Crippen molar-refractivity contribution in [3.63, 3.8) is 0 Å². The molecule has 2 aromatic carbocycles. The molecule has 0 amide bonds. The molecule has 0 atom stereocenters. The van der Waals surface area contributed by atoms with E-state index in [0.29, 0.717) is 0 Å². The third kappa shape index (κ3) is 5.74. The van der Waals surface area contributed by atoms with Crippen LogP contribution >= 0.6 is 21.6 Å². The minimum absolute atomic E-state index is 0.865. The van der Waals surface area contributed by atoms with E-state index < -0.39 is 0 Å². The van der Waals surface area contributed by atoms with Gasteiger partial charge in [-0.2, -0.15) is 0 Å². The van der Waals surface area contributed by atoms with E-state index in [4.69, 9.17) is 12.8 Å². The molecule has 2 rings (SSSR count). The van der Waals surface area contributed by atoms with Crippen LogP contribution in [0.25, 0.3) is 11.1 Å². The molecule has 24 heavy (non-hydrogen) atoms. The standard InChI is InChI=1S/C22H18S2/c1-3-19(21-11-7-5-8-12-21)15-17-23-24-18-16-20(4-2)22-13-9-6-10-14-22/h1-2,5-16H,17-18H2. The molecule has 0 aromatic heterocycles. The Kier molecular flexibility index (Phi) is 7.91. The molecule has 2 aromatic rings. The lowest BCUT2D eigenvalue weighted by atomic mass is 10.1. The summed E-state index contributed by atoms with van der Waals surface area (Å²) in [7, 11) is 3.54. The molecule has 0 heterocycles. The molecule has 0 unspecified atom stereocenters. The van der Waals surface area contributed by atoms with Crippen LogP contribution in [0.15, 0.2) is 72.8 Å². The molecule has 0 aliphatic rings. The van der Waals surface area contributed by atoms with Crippen LogP contribution in [0.2, 0.25) is 0 Å². The van der Waals surface area contributed by atoms with E-state index >= 15 is 0 Å². The van der Waals surface area contributed by atoms with Gasteiger partial charge in [0.25, 0.3) is 0 Å². The van der Waals surface area contributed by atoms with Gasteiger partial charge in [0, 0.05) is 22.7 Å². The third-order valence-corrected chi connectivity index (χ3v) is 5.36. The smallest absolute Gasteiger partial charge is 0.0283 e. The molecule has 0 fully saturated rings. The van der Waals surface area contributed by atoms with Gasteiger partial charge >= 0.3 is 0 Å². The maximum Gasteiger partial charge on any atom is 0.0283 e.